The van der Waals surface area contributed by atoms with Gasteiger partial charge in [0.2, 0.25) is 0 Å². The zero-order valence-electron chi connectivity index (χ0n) is 10.1. The summed E-state index contributed by atoms with van der Waals surface area (Å²) in [6, 6.07) is 3.92. The number of hydrogen-bond acceptors (Lipinski definition) is 2. The van der Waals surface area contributed by atoms with Crippen LogP contribution < -0.4 is 10.6 Å². The van der Waals surface area contributed by atoms with Gasteiger partial charge in [-0.1, -0.05) is 12.1 Å². The number of carbonyl (C=O) groups excluding carboxylic acids is 1. The number of alkyl halides is 3. The second-order valence-electron chi connectivity index (χ2n) is 4.95. The van der Waals surface area contributed by atoms with E-state index < -0.39 is 17.6 Å². The van der Waals surface area contributed by atoms with Crippen molar-refractivity contribution in [3.63, 3.8) is 0 Å². The average molecular weight is 270 g/mol. The maximum atomic E-state index is 13.0. The van der Waals surface area contributed by atoms with Crippen molar-refractivity contribution in [1.29, 1.82) is 0 Å². The van der Waals surface area contributed by atoms with Gasteiger partial charge in [-0.15, -0.1) is 0 Å². The number of nitrogens with one attached hydrogen (secondary N) is 2. The summed E-state index contributed by atoms with van der Waals surface area (Å²) in [5.74, 6) is -0.685. The predicted octanol–water partition coefficient (Wildman–Crippen LogP) is 1.89. The Bertz CT molecular complexity index is 527. The van der Waals surface area contributed by atoms with Gasteiger partial charge in [0.05, 0.1) is 11.1 Å². The zero-order chi connectivity index (χ0) is 13.6. The zero-order valence-corrected chi connectivity index (χ0v) is 10.1. The van der Waals surface area contributed by atoms with Gasteiger partial charge >= 0.3 is 6.18 Å². The molecule has 0 aromatic heterocycles. The third-order valence-corrected chi connectivity index (χ3v) is 3.83. The molecule has 2 aliphatic heterocycles. The van der Waals surface area contributed by atoms with E-state index in [1.54, 1.807) is 6.07 Å². The lowest BCUT2D eigenvalue weighted by Crippen LogP contribution is -2.52. The minimum atomic E-state index is -4.50. The van der Waals surface area contributed by atoms with Crippen LogP contribution in [0.3, 0.4) is 0 Å². The van der Waals surface area contributed by atoms with Crippen molar-refractivity contribution < 1.29 is 18.0 Å². The predicted molar refractivity (Wildman–Crippen MR) is 62.9 cm³/mol. The smallest absolute Gasteiger partial charge is 0.349 e. The number of piperidine rings is 1. The molecule has 6 heteroatoms. The second-order valence-corrected chi connectivity index (χ2v) is 4.95. The second kappa shape index (κ2) is 4.23. The van der Waals surface area contributed by atoms with E-state index in [0.717, 1.165) is 19.0 Å². The Hall–Kier alpha value is -1.56. The summed E-state index contributed by atoms with van der Waals surface area (Å²) in [5, 5.41) is 5.87. The summed E-state index contributed by atoms with van der Waals surface area (Å²) in [5.41, 5.74) is -0.540. The van der Waals surface area contributed by atoms with Crippen LogP contribution in [0, 0.1) is 0 Å². The minimum Gasteiger partial charge on any atom is -0.349 e. The molecule has 1 fully saturated rings. The van der Waals surface area contributed by atoms with E-state index in [1.165, 1.54) is 6.07 Å². The molecule has 102 valence electrons. The number of amides is 1. The molecule has 0 bridgehead atoms. The summed E-state index contributed by atoms with van der Waals surface area (Å²) in [6.45, 7) is 1.37. The quantitative estimate of drug-likeness (QED) is 0.756. The average Bonchev–Trinajstić information content (AvgIpc) is 2.37. The van der Waals surface area contributed by atoms with Crippen molar-refractivity contribution in [2.45, 2.75) is 24.6 Å². The SMILES string of the molecule is O=C1NC2CCNCC2c2cccc(C(F)(F)F)c21. The first-order chi connectivity index (χ1) is 8.98. The lowest BCUT2D eigenvalue weighted by atomic mass is 9.79. The van der Waals surface area contributed by atoms with Crippen LogP contribution in [-0.4, -0.2) is 25.0 Å². The maximum absolute atomic E-state index is 13.0. The summed E-state index contributed by atoms with van der Waals surface area (Å²) in [7, 11) is 0. The van der Waals surface area contributed by atoms with E-state index in [1.807, 2.05) is 0 Å². The molecule has 3 nitrogen and oxygen atoms in total. The molecular formula is C13H13F3N2O. The molecule has 0 radical (unpaired) electrons. The van der Waals surface area contributed by atoms with Crippen molar-refractivity contribution in [2.24, 2.45) is 0 Å². The van der Waals surface area contributed by atoms with Crippen LogP contribution in [-0.2, 0) is 6.18 Å². The Kier molecular flexibility index (Phi) is 2.78. The van der Waals surface area contributed by atoms with Gasteiger partial charge in [0.15, 0.2) is 0 Å². The van der Waals surface area contributed by atoms with E-state index in [9.17, 15) is 18.0 Å². The van der Waals surface area contributed by atoms with Crippen LogP contribution in [0.25, 0.3) is 0 Å². The normalized spacial score (nSPS) is 26.4. The van der Waals surface area contributed by atoms with Gasteiger partial charge in [0, 0.05) is 18.5 Å². The molecule has 2 unspecified atom stereocenters. The molecule has 3 rings (SSSR count). The molecule has 0 saturated carbocycles. The fourth-order valence-electron chi connectivity index (χ4n) is 2.97. The van der Waals surface area contributed by atoms with E-state index in [4.69, 9.17) is 0 Å². The molecule has 1 saturated heterocycles. The Balaban J connectivity index is 2.14. The summed E-state index contributed by atoms with van der Waals surface area (Å²) in [4.78, 5) is 12.0. The van der Waals surface area contributed by atoms with Gasteiger partial charge in [-0.3, -0.25) is 4.79 Å². The van der Waals surface area contributed by atoms with Crippen LogP contribution >= 0.6 is 0 Å². The van der Waals surface area contributed by atoms with Gasteiger partial charge in [-0.25, -0.2) is 0 Å². The molecule has 2 heterocycles. The van der Waals surface area contributed by atoms with Crippen molar-refractivity contribution in [3.8, 4) is 0 Å². The van der Waals surface area contributed by atoms with Crippen LogP contribution in [0.5, 0.6) is 0 Å². The Labute approximate surface area is 108 Å². The van der Waals surface area contributed by atoms with E-state index in [2.05, 4.69) is 10.6 Å². The number of carbonyl (C=O) groups is 1. The van der Waals surface area contributed by atoms with Crippen molar-refractivity contribution >= 4 is 5.91 Å². The summed E-state index contributed by atoms with van der Waals surface area (Å²) < 4.78 is 38.9. The van der Waals surface area contributed by atoms with Crippen molar-refractivity contribution in [1.82, 2.24) is 10.6 Å². The topological polar surface area (TPSA) is 41.1 Å². The Morgan fingerprint density at radius 1 is 1.26 bits per heavy atom. The molecule has 2 aliphatic rings. The standard InChI is InChI=1S/C13H13F3N2O/c14-13(15,16)9-3-1-2-7-8-6-17-5-4-10(8)18-12(19)11(7)9/h1-3,8,10,17H,4-6H2,(H,18,19). The Morgan fingerprint density at radius 3 is 2.79 bits per heavy atom. The van der Waals surface area contributed by atoms with Crippen LogP contribution in [0.1, 0.15) is 33.8 Å². The number of hydrogen-bond donors (Lipinski definition) is 2. The van der Waals surface area contributed by atoms with Crippen LogP contribution in [0.2, 0.25) is 0 Å². The van der Waals surface area contributed by atoms with Gasteiger partial charge in [0.1, 0.15) is 0 Å². The fourth-order valence-corrected chi connectivity index (χ4v) is 2.97. The van der Waals surface area contributed by atoms with E-state index >= 15 is 0 Å². The molecule has 1 amide bonds. The lowest BCUT2D eigenvalue weighted by Gasteiger charge is -2.38. The Morgan fingerprint density at radius 2 is 2.05 bits per heavy atom. The van der Waals surface area contributed by atoms with E-state index in [-0.39, 0.29) is 17.5 Å². The van der Waals surface area contributed by atoms with Gasteiger partial charge in [-0.2, -0.15) is 13.2 Å². The van der Waals surface area contributed by atoms with Crippen LogP contribution in [0.4, 0.5) is 13.2 Å². The molecule has 0 spiro atoms. The minimum absolute atomic E-state index is 0.0651. The third kappa shape index (κ3) is 2.00. The molecule has 1 aromatic rings. The first kappa shape index (κ1) is 12.5. The maximum Gasteiger partial charge on any atom is 0.417 e. The number of halogens is 3. The van der Waals surface area contributed by atoms with Crippen LogP contribution in [0.15, 0.2) is 18.2 Å². The van der Waals surface area contributed by atoms with Gasteiger partial charge < -0.3 is 10.6 Å². The number of benzene rings is 1. The molecular weight excluding hydrogens is 257 g/mol. The highest BCUT2D eigenvalue weighted by atomic mass is 19.4. The number of fused-ring (bicyclic) bond motifs is 3. The molecule has 0 aliphatic carbocycles. The monoisotopic (exact) mass is 270 g/mol. The van der Waals surface area contributed by atoms with Crippen molar-refractivity contribution in [2.75, 3.05) is 13.1 Å². The highest BCUT2D eigenvalue weighted by Gasteiger charge is 2.42. The fraction of sp³-hybridized carbons (Fsp3) is 0.462. The lowest BCUT2D eigenvalue weighted by molar-refractivity contribution is -0.138. The molecule has 19 heavy (non-hydrogen) atoms. The third-order valence-electron chi connectivity index (χ3n) is 3.83. The van der Waals surface area contributed by atoms with E-state index in [0.29, 0.717) is 12.1 Å². The van der Waals surface area contributed by atoms with Gasteiger partial charge in [0.25, 0.3) is 5.91 Å². The molecule has 1 aromatic carbocycles. The van der Waals surface area contributed by atoms with Crippen molar-refractivity contribution in [3.05, 3.63) is 34.9 Å². The first-order valence-electron chi connectivity index (χ1n) is 6.20. The molecule has 2 atom stereocenters. The summed E-state index contributed by atoms with van der Waals surface area (Å²) >= 11 is 0. The molecule has 2 N–H and O–H groups in total. The number of rotatable bonds is 0. The first-order valence-corrected chi connectivity index (χ1v) is 6.20. The highest BCUT2D eigenvalue weighted by molar-refractivity contribution is 5.99. The van der Waals surface area contributed by atoms with Gasteiger partial charge in [-0.05, 0) is 24.6 Å². The summed E-state index contributed by atoms with van der Waals surface area (Å²) in [6.07, 6.45) is -3.76. The largest absolute Gasteiger partial charge is 0.417 e. The highest BCUT2D eigenvalue weighted by Crippen LogP contribution is 2.39.